The van der Waals surface area contributed by atoms with E-state index >= 15 is 0 Å². The average molecular weight is 327 g/mol. The Morgan fingerprint density at radius 1 is 1.33 bits per heavy atom. The van der Waals surface area contributed by atoms with Gasteiger partial charge in [0, 0.05) is 5.75 Å². The van der Waals surface area contributed by atoms with Crippen molar-refractivity contribution in [3.8, 4) is 11.5 Å². The van der Waals surface area contributed by atoms with E-state index in [2.05, 4.69) is 15.5 Å². The van der Waals surface area contributed by atoms with E-state index in [9.17, 15) is 0 Å². The number of nitrogens with zero attached hydrogens (tertiary/aromatic N) is 4. The van der Waals surface area contributed by atoms with Crippen LogP contribution < -0.4 is 9.47 Å². The first-order valence-corrected chi connectivity index (χ1v) is 8.00. The lowest BCUT2D eigenvalue weighted by Crippen LogP contribution is -2.15. The Labute approximate surface area is 131 Å². The number of aromatic nitrogens is 4. The van der Waals surface area contributed by atoms with Crippen LogP contribution in [-0.2, 0) is 5.75 Å². The van der Waals surface area contributed by atoms with Gasteiger partial charge in [0.2, 0.25) is 5.16 Å². The molecule has 1 aromatic heterocycles. The summed E-state index contributed by atoms with van der Waals surface area (Å²) in [6.07, 6.45) is 0. The minimum absolute atomic E-state index is 0.228. The fourth-order valence-corrected chi connectivity index (χ4v) is 3.22. The zero-order valence-electron chi connectivity index (χ0n) is 11.7. The summed E-state index contributed by atoms with van der Waals surface area (Å²) in [6, 6.07) is 4.08. The molecule has 21 heavy (non-hydrogen) atoms. The summed E-state index contributed by atoms with van der Waals surface area (Å²) in [6.45, 7) is 5.16. The number of hydrogen-bond donors (Lipinski definition) is 0. The fraction of sp³-hybridized carbons (Fsp3) is 0.462. The molecule has 1 aliphatic heterocycles. The maximum absolute atomic E-state index is 6.23. The van der Waals surface area contributed by atoms with Crippen LogP contribution in [0.5, 0.6) is 11.5 Å². The average Bonchev–Trinajstić information content (AvgIpc) is 2.94. The second-order valence-electron chi connectivity index (χ2n) is 4.89. The Kier molecular flexibility index (Phi) is 4.21. The van der Waals surface area contributed by atoms with E-state index in [1.165, 1.54) is 0 Å². The smallest absolute Gasteiger partial charge is 0.209 e. The lowest BCUT2D eigenvalue weighted by Gasteiger charge is -2.20. The van der Waals surface area contributed by atoms with Crippen LogP contribution in [0.3, 0.4) is 0 Å². The lowest BCUT2D eigenvalue weighted by molar-refractivity contribution is 0.171. The van der Waals surface area contributed by atoms with Gasteiger partial charge < -0.3 is 9.47 Å². The van der Waals surface area contributed by atoms with Crippen molar-refractivity contribution < 1.29 is 9.47 Å². The van der Waals surface area contributed by atoms with Gasteiger partial charge >= 0.3 is 0 Å². The van der Waals surface area contributed by atoms with Crippen molar-refractivity contribution in [2.75, 3.05) is 13.2 Å². The van der Waals surface area contributed by atoms with Crippen LogP contribution in [0, 0.1) is 0 Å². The quantitative estimate of drug-likeness (QED) is 0.805. The molecular weight excluding hydrogens is 312 g/mol. The number of halogens is 1. The van der Waals surface area contributed by atoms with Crippen LogP contribution in [0.4, 0.5) is 0 Å². The number of ether oxygens (including phenoxy) is 2. The van der Waals surface area contributed by atoms with Crippen LogP contribution in [0.15, 0.2) is 17.3 Å². The number of hydrogen-bond acceptors (Lipinski definition) is 6. The molecule has 1 aromatic carbocycles. The van der Waals surface area contributed by atoms with Crippen LogP contribution >= 0.6 is 23.4 Å². The highest BCUT2D eigenvalue weighted by Crippen LogP contribution is 2.39. The van der Waals surface area contributed by atoms with E-state index in [1.807, 2.05) is 26.0 Å². The molecular formula is C13H15ClN4O2S. The highest BCUT2D eigenvalue weighted by molar-refractivity contribution is 7.98. The van der Waals surface area contributed by atoms with Gasteiger partial charge in [-0.2, -0.15) is 0 Å². The molecule has 0 saturated heterocycles. The monoisotopic (exact) mass is 326 g/mol. The molecule has 0 unspecified atom stereocenters. The predicted octanol–water partition coefficient (Wildman–Crippen LogP) is 2.97. The Morgan fingerprint density at radius 2 is 2.14 bits per heavy atom. The van der Waals surface area contributed by atoms with Gasteiger partial charge in [-0.05, 0) is 42.0 Å². The molecule has 0 N–H and O–H groups in total. The summed E-state index contributed by atoms with van der Waals surface area (Å²) in [5.74, 6) is 2.04. The van der Waals surface area contributed by atoms with Gasteiger partial charge in [0.05, 0.1) is 11.1 Å². The van der Waals surface area contributed by atoms with Crippen molar-refractivity contribution in [1.82, 2.24) is 20.2 Å². The van der Waals surface area contributed by atoms with E-state index in [1.54, 1.807) is 16.4 Å². The third-order valence-corrected chi connectivity index (χ3v) is 4.26. The van der Waals surface area contributed by atoms with E-state index in [-0.39, 0.29) is 6.04 Å². The Balaban J connectivity index is 1.76. The van der Waals surface area contributed by atoms with E-state index in [0.29, 0.717) is 35.5 Å². The molecule has 0 saturated carbocycles. The number of benzene rings is 1. The van der Waals surface area contributed by atoms with Crippen LogP contribution in [0.2, 0.25) is 5.02 Å². The zero-order chi connectivity index (χ0) is 14.8. The summed E-state index contributed by atoms with van der Waals surface area (Å²) in [5.41, 5.74) is 1.05. The number of thioether (sulfide) groups is 1. The third kappa shape index (κ3) is 3.08. The summed E-state index contributed by atoms with van der Waals surface area (Å²) in [7, 11) is 0. The van der Waals surface area contributed by atoms with Crippen molar-refractivity contribution in [3.63, 3.8) is 0 Å². The van der Waals surface area contributed by atoms with Gasteiger partial charge in [-0.3, -0.25) is 0 Å². The van der Waals surface area contributed by atoms with Crippen LogP contribution in [0.25, 0.3) is 0 Å². The van der Waals surface area contributed by atoms with Crippen molar-refractivity contribution in [3.05, 3.63) is 22.7 Å². The van der Waals surface area contributed by atoms with Crippen molar-refractivity contribution in [1.29, 1.82) is 0 Å². The Bertz CT molecular complexity index is 647. The van der Waals surface area contributed by atoms with Crippen LogP contribution in [-0.4, -0.2) is 33.4 Å². The summed E-state index contributed by atoms with van der Waals surface area (Å²) in [4.78, 5) is 0. The number of tetrazole rings is 1. The Hall–Kier alpha value is -1.47. The molecule has 0 spiro atoms. The second-order valence-corrected chi connectivity index (χ2v) is 6.24. The highest BCUT2D eigenvalue weighted by atomic mass is 35.5. The first kappa shape index (κ1) is 14.5. The Morgan fingerprint density at radius 3 is 2.95 bits per heavy atom. The summed E-state index contributed by atoms with van der Waals surface area (Å²) < 4.78 is 12.9. The molecule has 2 heterocycles. The summed E-state index contributed by atoms with van der Waals surface area (Å²) >= 11 is 7.80. The van der Waals surface area contributed by atoms with Gasteiger partial charge in [-0.1, -0.05) is 23.4 Å². The molecule has 2 aromatic rings. The topological polar surface area (TPSA) is 62.1 Å². The molecule has 0 atom stereocenters. The van der Waals surface area contributed by atoms with E-state index in [4.69, 9.17) is 21.1 Å². The highest BCUT2D eigenvalue weighted by Gasteiger charge is 2.17. The molecule has 0 bridgehead atoms. The van der Waals surface area contributed by atoms with Gasteiger partial charge in [0.1, 0.15) is 13.2 Å². The fourth-order valence-electron chi connectivity index (χ4n) is 2.00. The van der Waals surface area contributed by atoms with Gasteiger partial charge in [-0.15, -0.1) is 5.10 Å². The van der Waals surface area contributed by atoms with Gasteiger partial charge in [0.15, 0.2) is 11.5 Å². The molecule has 0 aliphatic carbocycles. The van der Waals surface area contributed by atoms with Crippen molar-refractivity contribution in [2.24, 2.45) is 0 Å². The van der Waals surface area contributed by atoms with Crippen molar-refractivity contribution >= 4 is 23.4 Å². The lowest BCUT2D eigenvalue weighted by atomic mass is 10.2. The van der Waals surface area contributed by atoms with Gasteiger partial charge in [-0.25, -0.2) is 4.68 Å². The zero-order valence-corrected chi connectivity index (χ0v) is 13.3. The van der Waals surface area contributed by atoms with Crippen molar-refractivity contribution in [2.45, 2.75) is 30.8 Å². The minimum atomic E-state index is 0.228. The maximum Gasteiger partial charge on any atom is 0.209 e. The first-order chi connectivity index (χ1) is 10.1. The standard InChI is InChI=1S/C13H15ClN4O2S/c1-8(2)18-13(15-16-17-18)21-7-9-5-10(14)12-11(6-9)19-3-4-20-12/h5-6,8H,3-4,7H2,1-2H3. The molecule has 8 heteroatoms. The first-order valence-electron chi connectivity index (χ1n) is 6.64. The van der Waals surface area contributed by atoms with Crippen LogP contribution in [0.1, 0.15) is 25.5 Å². The molecule has 0 fully saturated rings. The third-order valence-electron chi connectivity index (χ3n) is 2.98. The molecule has 6 nitrogen and oxygen atoms in total. The molecule has 3 rings (SSSR count). The SMILES string of the molecule is CC(C)n1nnnc1SCc1cc(Cl)c2c(c1)OCCO2. The number of fused-ring (bicyclic) bond motifs is 1. The largest absolute Gasteiger partial charge is 0.486 e. The second kappa shape index (κ2) is 6.11. The number of rotatable bonds is 4. The van der Waals surface area contributed by atoms with E-state index in [0.717, 1.165) is 10.7 Å². The molecule has 0 radical (unpaired) electrons. The molecule has 0 amide bonds. The minimum Gasteiger partial charge on any atom is -0.486 e. The van der Waals surface area contributed by atoms with E-state index < -0.39 is 0 Å². The summed E-state index contributed by atoms with van der Waals surface area (Å²) in [5, 5.41) is 13.1. The maximum atomic E-state index is 6.23. The normalized spacial score (nSPS) is 13.7. The predicted molar refractivity (Wildman–Crippen MR) is 80.2 cm³/mol. The molecule has 1 aliphatic rings. The molecule has 112 valence electrons. The van der Waals surface area contributed by atoms with Gasteiger partial charge in [0.25, 0.3) is 0 Å².